The van der Waals surface area contributed by atoms with Crippen LogP contribution in [0.15, 0.2) is 29.1 Å². The first-order chi connectivity index (χ1) is 13.6. The molecular weight excluding hydrogens is 378 g/mol. The van der Waals surface area contributed by atoms with E-state index in [1.54, 1.807) is 17.7 Å². The Morgan fingerprint density at radius 2 is 2.07 bits per heavy atom. The fourth-order valence-electron chi connectivity index (χ4n) is 3.44. The number of hydrogen-bond acceptors (Lipinski definition) is 4. The first-order valence-electron chi connectivity index (χ1n) is 9.92. The van der Waals surface area contributed by atoms with E-state index in [0.29, 0.717) is 61.6 Å². The Morgan fingerprint density at radius 3 is 2.71 bits per heavy atom. The van der Waals surface area contributed by atoms with E-state index >= 15 is 0 Å². The summed E-state index contributed by atoms with van der Waals surface area (Å²) in [4.78, 5) is 32.7. The van der Waals surface area contributed by atoms with Crippen molar-refractivity contribution >= 4 is 28.4 Å². The molecule has 1 atom stereocenters. The van der Waals surface area contributed by atoms with Crippen molar-refractivity contribution in [1.29, 1.82) is 0 Å². The highest BCUT2D eigenvalue weighted by Gasteiger charge is 2.27. The predicted octanol–water partition coefficient (Wildman–Crippen LogP) is 3.75. The molecule has 2 aromatic rings. The summed E-state index contributed by atoms with van der Waals surface area (Å²) >= 11 is 5.78. The summed E-state index contributed by atoms with van der Waals surface area (Å²) in [5.74, 6) is 1.13. The first-order valence-corrected chi connectivity index (χ1v) is 10.5. The van der Waals surface area contributed by atoms with Crippen molar-refractivity contribution < 1.29 is 9.53 Å². The minimum atomic E-state index is -0.267. The molecule has 2 rings (SSSR count). The molecule has 0 spiro atoms. The second-order valence-corrected chi connectivity index (χ2v) is 7.12. The van der Waals surface area contributed by atoms with E-state index in [1.165, 1.54) is 0 Å². The Hall–Kier alpha value is -1.92. The van der Waals surface area contributed by atoms with Gasteiger partial charge in [0.05, 0.1) is 30.1 Å². The first kappa shape index (κ1) is 22.4. The minimum absolute atomic E-state index is 0.0510. The molecule has 0 fully saturated rings. The number of alkyl halides is 1. The summed E-state index contributed by atoms with van der Waals surface area (Å²) in [6, 6.07) is 7.06. The average Bonchev–Trinajstić information content (AvgIpc) is 2.71. The number of nitrogens with zero attached hydrogens (tertiary/aromatic N) is 3. The van der Waals surface area contributed by atoms with Crippen molar-refractivity contribution in [3.63, 3.8) is 0 Å². The van der Waals surface area contributed by atoms with E-state index in [9.17, 15) is 9.59 Å². The number of benzene rings is 1. The maximum Gasteiger partial charge on any atom is 0.261 e. The molecule has 0 aliphatic rings. The number of rotatable bonds is 11. The zero-order chi connectivity index (χ0) is 20.5. The lowest BCUT2D eigenvalue weighted by atomic mass is 10.1. The van der Waals surface area contributed by atoms with Crippen molar-refractivity contribution in [3.05, 3.63) is 40.4 Å². The number of methoxy groups -OCH3 is 1. The van der Waals surface area contributed by atoms with Crippen LogP contribution < -0.4 is 5.56 Å². The third kappa shape index (κ3) is 5.11. The molecule has 1 heterocycles. The number of carbonyl (C=O) groups excluding carboxylic acids is 1. The monoisotopic (exact) mass is 407 g/mol. The van der Waals surface area contributed by atoms with Gasteiger partial charge in [-0.3, -0.25) is 14.2 Å². The molecular formula is C21H30ClN3O3. The Kier molecular flexibility index (Phi) is 8.93. The van der Waals surface area contributed by atoms with E-state index in [2.05, 4.69) is 0 Å². The van der Waals surface area contributed by atoms with Crippen LogP contribution in [0.5, 0.6) is 0 Å². The van der Waals surface area contributed by atoms with Crippen LogP contribution in [-0.4, -0.2) is 46.5 Å². The van der Waals surface area contributed by atoms with Gasteiger partial charge in [-0.15, -0.1) is 11.6 Å². The average molecular weight is 408 g/mol. The lowest BCUT2D eigenvalue weighted by molar-refractivity contribution is -0.134. The van der Waals surface area contributed by atoms with Crippen molar-refractivity contribution in [2.45, 2.75) is 52.1 Å². The third-order valence-electron chi connectivity index (χ3n) is 4.78. The molecule has 0 aliphatic heterocycles. The topological polar surface area (TPSA) is 64.4 Å². The van der Waals surface area contributed by atoms with E-state index < -0.39 is 0 Å². The van der Waals surface area contributed by atoms with Gasteiger partial charge < -0.3 is 9.64 Å². The maximum absolute atomic E-state index is 13.1. The zero-order valence-electron chi connectivity index (χ0n) is 17.0. The van der Waals surface area contributed by atoms with Gasteiger partial charge in [-0.1, -0.05) is 26.0 Å². The van der Waals surface area contributed by atoms with Crippen molar-refractivity contribution in [1.82, 2.24) is 14.5 Å². The Labute approximate surface area is 171 Å². The highest BCUT2D eigenvalue weighted by molar-refractivity contribution is 6.17. The molecule has 1 unspecified atom stereocenters. The number of hydrogen-bond donors (Lipinski definition) is 0. The lowest BCUT2D eigenvalue weighted by Gasteiger charge is -2.32. The van der Waals surface area contributed by atoms with Crippen molar-refractivity contribution in [3.8, 4) is 0 Å². The van der Waals surface area contributed by atoms with Gasteiger partial charge in [0.2, 0.25) is 5.91 Å². The number of ether oxygens (including phenoxy) is 1. The zero-order valence-corrected chi connectivity index (χ0v) is 17.7. The molecule has 0 bridgehead atoms. The number of para-hydroxylation sites is 1. The SMILES string of the molecule is CCCN(C(=O)CCCCl)C(CC)c1nc2ccccc2c(=O)n1CCOC. The van der Waals surface area contributed by atoms with E-state index in [-0.39, 0.29) is 17.5 Å². The van der Waals surface area contributed by atoms with Crippen LogP contribution in [0.25, 0.3) is 10.9 Å². The van der Waals surface area contributed by atoms with Gasteiger partial charge in [-0.25, -0.2) is 4.98 Å². The summed E-state index contributed by atoms with van der Waals surface area (Å²) in [6.07, 6.45) is 2.54. The Bertz CT molecular complexity index is 837. The quantitative estimate of drug-likeness (QED) is 0.532. The Morgan fingerprint density at radius 1 is 1.32 bits per heavy atom. The molecule has 0 saturated heterocycles. The van der Waals surface area contributed by atoms with Crippen LogP contribution in [0.1, 0.15) is 51.4 Å². The van der Waals surface area contributed by atoms with Crippen LogP contribution in [0.3, 0.4) is 0 Å². The van der Waals surface area contributed by atoms with Crippen molar-refractivity contribution in [2.75, 3.05) is 26.1 Å². The van der Waals surface area contributed by atoms with Gasteiger partial charge in [0.25, 0.3) is 5.56 Å². The summed E-state index contributed by atoms with van der Waals surface area (Å²) < 4.78 is 6.87. The molecule has 154 valence electrons. The fourth-order valence-corrected chi connectivity index (χ4v) is 3.57. The minimum Gasteiger partial charge on any atom is -0.383 e. The summed E-state index contributed by atoms with van der Waals surface area (Å²) in [7, 11) is 1.61. The normalized spacial score (nSPS) is 12.3. The third-order valence-corrected chi connectivity index (χ3v) is 5.05. The standard InChI is InChI=1S/C21H30ClN3O3/c1-4-13-24(19(26)11-8-12-22)18(5-2)20-23-17-10-7-6-9-16(17)21(27)25(20)14-15-28-3/h6-7,9-10,18H,4-5,8,11-15H2,1-3H3. The second kappa shape index (κ2) is 11.2. The molecule has 1 aromatic heterocycles. The van der Waals surface area contributed by atoms with Crippen LogP contribution in [0, 0.1) is 0 Å². The van der Waals surface area contributed by atoms with Gasteiger partial charge in [0.15, 0.2) is 0 Å². The molecule has 28 heavy (non-hydrogen) atoms. The molecule has 6 nitrogen and oxygen atoms in total. The largest absolute Gasteiger partial charge is 0.383 e. The Balaban J connectivity index is 2.58. The number of halogens is 1. The fraction of sp³-hybridized carbons (Fsp3) is 0.571. The molecule has 7 heteroatoms. The van der Waals surface area contributed by atoms with Gasteiger partial charge in [0.1, 0.15) is 5.82 Å². The highest BCUT2D eigenvalue weighted by Crippen LogP contribution is 2.25. The van der Waals surface area contributed by atoms with E-state index in [4.69, 9.17) is 21.3 Å². The van der Waals surface area contributed by atoms with Crippen LogP contribution in [-0.2, 0) is 16.1 Å². The molecule has 0 radical (unpaired) electrons. The van der Waals surface area contributed by atoms with Gasteiger partial charge in [0, 0.05) is 26.0 Å². The lowest BCUT2D eigenvalue weighted by Crippen LogP contribution is -2.39. The number of aromatic nitrogens is 2. The maximum atomic E-state index is 13.1. The molecule has 1 aromatic carbocycles. The van der Waals surface area contributed by atoms with Crippen LogP contribution in [0.2, 0.25) is 0 Å². The van der Waals surface area contributed by atoms with Gasteiger partial charge in [-0.05, 0) is 31.4 Å². The summed E-state index contributed by atoms with van der Waals surface area (Å²) in [6.45, 7) is 5.48. The number of carbonyl (C=O) groups is 1. The number of fused-ring (bicyclic) bond motifs is 1. The second-order valence-electron chi connectivity index (χ2n) is 6.74. The van der Waals surface area contributed by atoms with Crippen LogP contribution >= 0.6 is 11.6 Å². The number of amides is 1. The molecule has 0 N–H and O–H groups in total. The van der Waals surface area contributed by atoms with Crippen molar-refractivity contribution in [2.24, 2.45) is 0 Å². The summed E-state index contributed by atoms with van der Waals surface area (Å²) in [5, 5.41) is 0.577. The van der Waals surface area contributed by atoms with E-state index in [0.717, 1.165) is 6.42 Å². The van der Waals surface area contributed by atoms with E-state index in [1.807, 2.05) is 36.9 Å². The molecule has 1 amide bonds. The molecule has 0 saturated carbocycles. The predicted molar refractivity (Wildman–Crippen MR) is 113 cm³/mol. The van der Waals surface area contributed by atoms with Gasteiger partial charge in [-0.2, -0.15) is 0 Å². The van der Waals surface area contributed by atoms with Gasteiger partial charge >= 0.3 is 0 Å². The molecule has 0 aliphatic carbocycles. The summed E-state index contributed by atoms with van der Waals surface area (Å²) in [5.41, 5.74) is 0.556. The van der Waals surface area contributed by atoms with Crippen LogP contribution in [0.4, 0.5) is 0 Å². The highest BCUT2D eigenvalue weighted by atomic mass is 35.5. The smallest absolute Gasteiger partial charge is 0.261 e.